The molecule has 1 heterocycles. The first kappa shape index (κ1) is 13.1. The number of aliphatic hydroxyl groups excluding tert-OH is 1. The summed E-state index contributed by atoms with van der Waals surface area (Å²) in [6.07, 6.45) is 1.52. The van der Waals surface area contributed by atoms with Gasteiger partial charge in [0.2, 0.25) is 5.91 Å². The van der Waals surface area contributed by atoms with Gasteiger partial charge >= 0.3 is 0 Å². The quantitative estimate of drug-likeness (QED) is 0.888. The normalized spacial score (nSPS) is 21.4. The van der Waals surface area contributed by atoms with Crippen LogP contribution < -0.4 is 4.90 Å². The maximum absolute atomic E-state index is 12.0. The van der Waals surface area contributed by atoms with E-state index < -0.39 is 0 Å². The summed E-state index contributed by atoms with van der Waals surface area (Å²) in [6, 6.07) is 8.11. The fourth-order valence-electron chi connectivity index (χ4n) is 2.51. The Labute approximate surface area is 108 Å². The number of aliphatic hydroxyl groups is 1. The monoisotopic (exact) mass is 247 g/mol. The Bertz CT molecular complexity index is 430. The fraction of sp³-hybridized carbons (Fsp3) is 0.533. The zero-order valence-electron chi connectivity index (χ0n) is 11.1. The number of carbonyl (C=O) groups is 1. The van der Waals surface area contributed by atoms with Crippen LogP contribution in [-0.2, 0) is 4.79 Å². The third kappa shape index (κ3) is 2.41. The molecule has 1 amide bonds. The van der Waals surface area contributed by atoms with E-state index in [1.54, 1.807) is 0 Å². The summed E-state index contributed by atoms with van der Waals surface area (Å²) >= 11 is 0. The Morgan fingerprint density at radius 3 is 2.78 bits per heavy atom. The first-order valence-corrected chi connectivity index (χ1v) is 6.67. The van der Waals surface area contributed by atoms with Crippen LogP contribution in [0.5, 0.6) is 0 Å². The fourth-order valence-corrected chi connectivity index (χ4v) is 2.51. The topological polar surface area (TPSA) is 40.5 Å². The van der Waals surface area contributed by atoms with Crippen LogP contribution in [0.25, 0.3) is 0 Å². The number of hydrogen-bond acceptors (Lipinski definition) is 2. The van der Waals surface area contributed by atoms with Gasteiger partial charge in [-0.2, -0.15) is 0 Å². The van der Waals surface area contributed by atoms with E-state index in [1.807, 2.05) is 23.1 Å². The standard InChI is InChI=1S/C15H21NO2/c1-3-11(2)13-6-4-5-7-14(13)16-9-12(10-17)8-15(16)18/h4-7,11-12,17H,3,8-10H2,1-2H3. The van der Waals surface area contributed by atoms with E-state index in [1.165, 1.54) is 5.56 Å². The molecule has 1 aromatic rings. The number of nitrogens with zero attached hydrogens (tertiary/aromatic N) is 1. The van der Waals surface area contributed by atoms with Crippen molar-refractivity contribution in [2.45, 2.75) is 32.6 Å². The highest BCUT2D eigenvalue weighted by atomic mass is 16.3. The van der Waals surface area contributed by atoms with Crippen molar-refractivity contribution in [2.24, 2.45) is 5.92 Å². The van der Waals surface area contributed by atoms with Gasteiger partial charge in [-0.25, -0.2) is 0 Å². The summed E-state index contributed by atoms with van der Waals surface area (Å²) in [4.78, 5) is 13.9. The number of rotatable bonds is 4. The zero-order chi connectivity index (χ0) is 13.1. The summed E-state index contributed by atoms with van der Waals surface area (Å²) in [5.74, 6) is 0.662. The lowest BCUT2D eigenvalue weighted by atomic mass is 9.96. The second-order valence-electron chi connectivity index (χ2n) is 5.13. The van der Waals surface area contributed by atoms with Crippen molar-refractivity contribution in [1.29, 1.82) is 0 Å². The van der Waals surface area contributed by atoms with Crippen LogP contribution in [0.4, 0.5) is 5.69 Å². The van der Waals surface area contributed by atoms with Crippen molar-refractivity contribution in [3.63, 3.8) is 0 Å². The van der Waals surface area contributed by atoms with Gasteiger partial charge in [0.15, 0.2) is 0 Å². The van der Waals surface area contributed by atoms with E-state index in [0.29, 0.717) is 18.9 Å². The number of amides is 1. The average Bonchev–Trinajstić information content (AvgIpc) is 2.79. The molecule has 98 valence electrons. The minimum absolute atomic E-state index is 0.0856. The highest BCUT2D eigenvalue weighted by molar-refractivity contribution is 5.96. The van der Waals surface area contributed by atoms with Gasteiger partial charge in [0.1, 0.15) is 0 Å². The SMILES string of the molecule is CCC(C)c1ccccc1N1CC(CO)CC1=O. The van der Waals surface area contributed by atoms with Crippen LogP contribution >= 0.6 is 0 Å². The molecule has 18 heavy (non-hydrogen) atoms. The van der Waals surface area contributed by atoms with E-state index in [2.05, 4.69) is 19.9 Å². The minimum Gasteiger partial charge on any atom is -0.396 e. The summed E-state index contributed by atoms with van der Waals surface area (Å²) in [5, 5.41) is 9.19. The Morgan fingerprint density at radius 1 is 1.44 bits per heavy atom. The molecule has 0 aliphatic carbocycles. The molecule has 1 N–H and O–H groups in total. The van der Waals surface area contributed by atoms with Crippen LogP contribution in [-0.4, -0.2) is 24.2 Å². The van der Waals surface area contributed by atoms with Gasteiger partial charge in [0, 0.05) is 31.2 Å². The largest absolute Gasteiger partial charge is 0.396 e. The number of para-hydroxylation sites is 1. The number of benzene rings is 1. The predicted molar refractivity (Wildman–Crippen MR) is 72.7 cm³/mol. The highest BCUT2D eigenvalue weighted by Gasteiger charge is 2.31. The molecule has 1 saturated heterocycles. The van der Waals surface area contributed by atoms with E-state index in [4.69, 9.17) is 0 Å². The number of hydrogen-bond donors (Lipinski definition) is 1. The first-order valence-electron chi connectivity index (χ1n) is 6.67. The van der Waals surface area contributed by atoms with Gasteiger partial charge in [0.05, 0.1) is 0 Å². The van der Waals surface area contributed by atoms with Crippen molar-refractivity contribution in [2.75, 3.05) is 18.1 Å². The molecule has 0 spiro atoms. The Balaban J connectivity index is 2.31. The zero-order valence-corrected chi connectivity index (χ0v) is 11.1. The second-order valence-corrected chi connectivity index (χ2v) is 5.13. The molecule has 0 saturated carbocycles. The lowest BCUT2D eigenvalue weighted by Gasteiger charge is -2.23. The molecular formula is C15H21NO2. The lowest BCUT2D eigenvalue weighted by Crippen LogP contribution is -2.26. The molecule has 0 radical (unpaired) electrons. The van der Waals surface area contributed by atoms with Gasteiger partial charge in [0.25, 0.3) is 0 Å². The van der Waals surface area contributed by atoms with Crippen LogP contribution in [0, 0.1) is 5.92 Å². The van der Waals surface area contributed by atoms with E-state index in [0.717, 1.165) is 12.1 Å². The molecule has 1 aromatic carbocycles. The van der Waals surface area contributed by atoms with E-state index >= 15 is 0 Å². The predicted octanol–water partition coefficient (Wildman–Crippen LogP) is 2.55. The van der Waals surface area contributed by atoms with Crippen molar-refractivity contribution >= 4 is 11.6 Å². The lowest BCUT2D eigenvalue weighted by molar-refractivity contribution is -0.117. The smallest absolute Gasteiger partial charge is 0.227 e. The van der Waals surface area contributed by atoms with Gasteiger partial charge < -0.3 is 10.0 Å². The molecule has 0 aromatic heterocycles. The summed E-state index contributed by atoms with van der Waals surface area (Å²) in [5.41, 5.74) is 2.25. The van der Waals surface area contributed by atoms with Crippen molar-refractivity contribution in [3.8, 4) is 0 Å². The third-order valence-electron chi connectivity index (χ3n) is 3.83. The molecule has 0 bridgehead atoms. The van der Waals surface area contributed by atoms with Crippen LogP contribution in [0.2, 0.25) is 0 Å². The molecular weight excluding hydrogens is 226 g/mol. The van der Waals surface area contributed by atoms with Crippen LogP contribution in [0.3, 0.4) is 0 Å². The highest BCUT2D eigenvalue weighted by Crippen LogP contribution is 2.33. The summed E-state index contributed by atoms with van der Waals surface area (Å²) in [6.45, 7) is 5.07. The molecule has 2 unspecified atom stereocenters. The summed E-state index contributed by atoms with van der Waals surface area (Å²) in [7, 11) is 0. The maximum atomic E-state index is 12.0. The summed E-state index contributed by atoms with van der Waals surface area (Å²) < 4.78 is 0. The Kier molecular flexibility index (Phi) is 4.02. The number of carbonyl (C=O) groups excluding carboxylic acids is 1. The van der Waals surface area contributed by atoms with Crippen molar-refractivity contribution < 1.29 is 9.90 Å². The molecule has 3 heteroatoms. The third-order valence-corrected chi connectivity index (χ3v) is 3.83. The molecule has 2 atom stereocenters. The van der Waals surface area contributed by atoms with Crippen molar-refractivity contribution in [3.05, 3.63) is 29.8 Å². The first-order chi connectivity index (χ1) is 8.67. The van der Waals surface area contributed by atoms with E-state index in [-0.39, 0.29) is 18.4 Å². The maximum Gasteiger partial charge on any atom is 0.227 e. The minimum atomic E-state index is 0.0856. The van der Waals surface area contributed by atoms with Crippen LogP contribution in [0.1, 0.15) is 38.2 Å². The second kappa shape index (κ2) is 5.53. The number of anilines is 1. The Hall–Kier alpha value is -1.35. The van der Waals surface area contributed by atoms with Crippen LogP contribution in [0.15, 0.2) is 24.3 Å². The molecule has 1 aliphatic heterocycles. The Morgan fingerprint density at radius 2 is 2.17 bits per heavy atom. The average molecular weight is 247 g/mol. The van der Waals surface area contributed by atoms with Gasteiger partial charge in [-0.05, 0) is 24.0 Å². The molecule has 1 fully saturated rings. The van der Waals surface area contributed by atoms with Gasteiger partial charge in [-0.1, -0.05) is 32.0 Å². The van der Waals surface area contributed by atoms with Crippen molar-refractivity contribution in [1.82, 2.24) is 0 Å². The van der Waals surface area contributed by atoms with Gasteiger partial charge in [-0.15, -0.1) is 0 Å². The molecule has 3 nitrogen and oxygen atoms in total. The molecule has 1 aliphatic rings. The molecule has 2 rings (SSSR count). The van der Waals surface area contributed by atoms with E-state index in [9.17, 15) is 9.90 Å². The van der Waals surface area contributed by atoms with Gasteiger partial charge in [-0.3, -0.25) is 4.79 Å².